The molecule has 0 saturated heterocycles. The number of nitrogens with one attached hydrogen (secondary N) is 2. The molecule has 9 nitrogen and oxygen atoms in total. The van der Waals surface area contributed by atoms with Crippen molar-refractivity contribution in [2.45, 2.75) is 4.90 Å². The van der Waals surface area contributed by atoms with E-state index < -0.39 is 14.9 Å². The van der Waals surface area contributed by atoms with Gasteiger partial charge in [-0.05, 0) is 30.3 Å². The molecule has 2 rings (SSSR count). The molecule has 2 aromatic carbocycles. The summed E-state index contributed by atoms with van der Waals surface area (Å²) in [5.74, 6) is -0.239. The highest BCUT2D eigenvalue weighted by molar-refractivity contribution is 7.92. The second-order valence-electron chi connectivity index (χ2n) is 5.27. The number of nitro benzene ring substituents is 1. The van der Waals surface area contributed by atoms with Crippen LogP contribution < -0.4 is 14.8 Å². The van der Waals surface area contributed by atoms with Crippen molar-refractivity contribution in [3.63, 3.8) is 0 Å². The maximum Gasteiger partial charge on any atom is 0.271 e. The summed E-state index contributed by atoms with van der Waals surface area (Å²) in [5, 5.41) is 13.5. The van der Waals surface area contributed by atoms with E-state index >= 15 is 0 Å². The average Bonchev–Trinajstić information content (AvgIpc) is 2.65. The Balaban J connectivity index is 2.29. The van der Waals surface area contributed by atoms with Gasteiger partial charge in [0.15, 0.2) is 0 Å². The Morgan fingerprint density at radius 2 is 1.93 bits per heavy atom. The van der Waals surface area contributed by atoms with E-state index in [1.165, 1.54) is 49.6 Å². The van der Waals surface area contributed by atoms with Gasteiger partial charge in [0.25, 0.3) is 21.6 Å². The van der Waals surface area contributed by atoms with Crippen LogP contribution in [0.2, 0.25) is 0 Å². The van der Waals surface area contributed by atoms with E-state index in [4.69, 9.17) is 4.74 Å². The second-order valence-corrected chi connectivity index (χ2v) is 6.95. The lowest BCUT2D eigenvalue weighted by Gasteiger charge is -2.12. The van der Waals surface area contributed by atoms with Crippen LogP contribution in [0.15, 0.2) is 60.0 Å². The molecule has 0 atom stereocenters. The highest BCUT2D eigenvalue weighted by atomic mass is 32.2. The molecule has 27 heavy (non-hydrogen) atoms. The SMILES string of the molecule is C=CCNC(=O)c1ccc(S(=O)(=O)Nc2cc([N+](=O)[O-])ccc2OC)cc1. The zero-order valence-corrected chi connectivity index (χ0v) is 15.2. The first-order chi connectivity index (χ1) is 12.8. The Morgan fingerprint density at radius 1 is 1.26 bits per heavy atom. The molecule has 0 radical (unpaired) electrons. The molecular formula is C17H17N3O6S. The molecule has 0 saturated carbocycles. The van der Waals surface area contributed by atoms with E-state index in [9.17, 15) is 23.3 Å². The van der Waals surface area contributed by atoms with E-state index in [1.54, 1.807) is 0 Å². The fourth-order valence-electron chi connectivity index (χ4n) is 2.15. The van der Waals surface area contributed by atoms with Crippen LogP contribution in [0, 0.1) is 10.1 Å². The van der Waals surface area contributed by atoms with Gasteiger partial charge in [-0.2, -0.15) is 0 Å². The van der Waals surface area contributed by atoms with Gasteiger partial charge < -0.3 is 10.1 Å². The fourth-order valence-corrected chi connectivity index (χ4v) is 3.21. The fraction of sp³-hybridized carbons (Fsp3) is 0.118. The van der Waals surface area contributed by atoms with Crippen molar-refractivity contribution >= 4 is 27.3 Å². The molecule has 142 valence electrons. The topological polar surface area (TPSA) is 128 Å². The number of anilines is 1. The molecular weight excluding hydrogens is 374 g/mol. The Morgan fingerprint density at radius 3 is 2.48 bits per heavy atom. The number of nitrogens with zero attached hydrogens (tertiary/aromatic N) is 1. The Hall–Kier alpha value is -3.40. The number of carbonyl (C=O) groups is 1. The average molecular weight is 391 g/mol. The van der Waals surface area contributed by atoms with Crippen molar-refractivity contribution in [3.8, 4) is 5.75 Å². The van der Waals surface area contributed by atoms with Crippen LogP contribution in [-0.4, -0.2) is 32.9 Å². The summed E-state index contributed by atoms with van der Waals surface area (Å²) < 4.78 is 32.4. The Bertz CT molecular complexity index is 971. The molecule has 0 spiro atoms. The van der Waals surface area contributed by atoms with Gasteiger partial charge in [-0.25, -0.2) is 8.42 Å². The van der Waals surface area contributed by atoms with Gasteiger partial charge in [0.2, 0.25) is 0 Å². The zero-order valence-electron chi connectivity index (χ0n) is 14.3. The predicted molar refractivity (Wildman–Crippen MR) is 99.4 cm³/mol. The first kappa shape index (κ1) is 19.9. The number of ether oxygens (including phenoxy) is 1. The van der Waals surface area contributed by atoms with Gasteiger partial charge in [-0.3, -0.25) is 19.6 Å². The molecule has 0 aliphatic rings. The van der Waals surface area contributed by atoms with Crippen LogP contribution >= 0.6 is 0 Å². The molecule has 0 fully saturated rings. The number of hydrogen-bond donors (Lipinski definition) is 2. The van der Waals surface area contributed by atoms with Crippen molar-refractivity contribution in [1.29, 1.82) is 0 Å². The number of rotatable bonds is 8. The first-order valence-electron chi connectivity index (χ1n) is 7.63. The minimum absolute atomic E-state index is 0.0699. The molecule has 0 bridgehead atoms. The minimum Gasteiger partial charge on any atom is -0.495 e. The maximum atomic E-state index is 12.6. The molecule has 0 heterocycles. The van der Waals surface area contributed by atoms with Gasteiger partial charge in [0, 0.05) is 24.2 Å². The van der Waals surface area contributed by atoms with E-state index in [0.29, 0.717) is 0 Å². The third kappa shape index (κ3) is 4.82. The van der Waals surface area contributed by atoms with Crippen LogP contribution in [0.3, 0.4) is 0 Å². The number of carbonyl (C=O) groups excluding carboxylic acids is 1. The normalized spacial score (nSPS) is 10.7. The summed E-state index contributed by atoms with van der Waals surface area (Å²) >= 11 is 0. The van der Waals surface area contributed by atoms with Gasteiger partial charge in [0.05, 0.1) is 22.6 Å². The van der Waals surface area contributed by atoms with Crippen LogP contribution in [0.25, 0.3) is 0 Å². The number of nitro groups is 1. The summed E-state index contributed by atoms with van der Waals surface area (Å²) in [4.78, 5) is 22.0. The minimum atomic E-state index is -4.05. The van der Waals surface area contributed by atoms with E-state index in [2.05, 4.69) is 16.6 Å². The molecule has 0 unspecified atom stereocenters. The number of methoxy groups -OCH3 is 1. The molecule has 0 aromatic heterocycles. The largest absolute Gasteiger partial charge is 0.495 e. The zero-order chi connectivity index (χ0) is 20.0. The van der Waals surface area contributed by atoms with Crippen molar-refractivity contribution < 1.29 is 22.9 Å². The molecule has 1 amide bonds. The van der Waals surface area contributed by atoms with E-state index in [1.807, 2.05) is 0 Å². The Labute approximate surface area is 155 Å². The van der Waals surface area contributed by atoms with Crippen LogP contribution in [0.4, 0.5) is 11.4 Å². The quantitative estimate of drug-likeness (QED) is 0.404. The molecule has 2 N–H and O–H groups in total. The van der Waals surface area contributed by atoms with Crippen LogP contribution in [0.5, 0.6) is 5.75 Å². The lowest BCUT2D eigenvalue weighted by molar-refractivity contribution is -0.384. The lowest BCUT2D eigenvalue weighted by atomic mass is 10.2. The summed E-state index contributed by atoms with van der Waals surface area (Å²) in [7, 11) is -2.73. The van der Waals surface area contributed by atoms with Crippen molar-refractivity contribution in [3.05, 3.63) is 70.8 Å². The van der Waals surface area contributed by atoms with Crippen molar-refractivity contribution in [1.82, 2.24) is 5.32 Å². The van der Waals surface area contributed by atoms with Crippen molar-refractivity contribution in [2.75, 3.05) is 18.4 Å². The predicted octanol–water partition coefficient (Wildman–Crippen LogP) is 2.32. The summed E-state index contributed by atoms with van der Waals surface area (Å²) in [6.07, 6.45) is 1.52. The first-order valence-corrected chi connectivity index (χ1v) is 9.11. The number of benzene rings is 2. The molecule has 0 aliphatic heterocycles. The summed E-state index contributed by atoms with van der Waals surface area (Å²) in [5.41, 5.74) is -0.0778. The third-order valence-electron chi connectivity index (χ3n) is 3.47. The van der Waals surface area contributed by atoms with Gasteiger partial charge in [-0.1, -0.05) is 6.08 Å². The molecule has 0 aliphatic carbocycles. The maximum absolute atomic E-state index is 12.6. The van der Waals surface area contributed by atoms with E-state index in [-0.39, 0.29) is 40.0 Å². The standard InChI is InChI=1S/C17H17N3O6S/c1-3-10-18-17(21)12-4-7-14(8-5-12)27(24,25)19-15-11-13(20(22)23)6-9-16(15)26-2/h3-9,11,19H,1,10H2,2H3,(H,18,21). The van der Waals surface area contributed by atoms with Crippen LogP contribution in [-0.2, 0) is 10.0 Å². The highest BCUT2D eigenvalue weighted by Crippen LogP contribution is 2.30. The van der Waals surface area contributed by atoms with E-state index in [0.717, 1.165) is 6.07 Å². The number of sulfonamides is 1. The Kier molecular flexibility index (Phi) is 6.14. The smallest absolute Gasteiger partial charge is 0.271 e. The molecule has 10 heteroatoms. The van der Waals surface area contributed by atoms with Gasteiger partial charge >= 0.3 is 0 Å². The second kappa shape index (κ2) is 8.32. The third-order valence-corrected chi connectivity index (χ3v) is 4.85. The van der Waals surface area contributed by atoms with Gasteiger partial charge in [0.1, 0.15) is 5.75 Å². The van der Waals surface area contributed by atoms with Gasteiger partial charge in [-0.15, -0.1) is 6.58 Å². The molecule has 2 aromatic rings. The van der Waals surface area contributed by atoms with Crippen molar-refractivity contribution in [2.24, 2.45) is 0 Å². The summed E-state index contributed by atoms with van der Waals surface area (Å²) in [6.45, 7) is 3.77. The number of amides is 1. The highest BCUT2D eigenvalue weighted by Gasteiger charge is 2.19. The number of hydrogen-bond acceptors (Lipinski definition) is 6. The number of non-ortho nitro benzene ring substituents is 1. The van der Waals surface area contributed by atoms with Crippen LogP contribution in [0.1, 0.15) is 10.4 Å². The summed E-state index contributed by atoms with van der Waals surface area (Å²) in [6, 6.07) is 8.79. The monoisotopic (exact) mass is 391 g/mol. The lowest BCUT2D eigenvalue weighted by Crippen LogP contribution is -2.23.